The van der Waals surface area contributed by atoms with E-state index in [9.17, 15) is 0 Å². The Kier molecular flexibility index (Phi) is 1.77. The molecule has 18 heavy (non-hydrogen) atoms. The molecule has 5 heteroatoms. The number of nitrogens with zero attached hydrogens (tertiary/aromatic N) is 3. The average Bonchev–Trinajstić information content (AvgIpc) is 3.06. The molecule has 0 radical (unpaired) electrons. The molecule has 0 atom stereocenters. The fourth-order valence-corrected chi connectivity index (χ4v) is 2.29. The van der Waals surface area contributed by atoms with E-state index in [1.165, 1.54) is 0 Å². The molecule has 2 heterocycles. The van der Waals surface area contributed by atoms with E-state index in [1.54, 1.807) is 0 Å². The van der Waals surface area contributed by atoms with E-state index in [4.69, 9.17) is 0 Å². The van der Waals surface area contributed by atoms with E-state index in [0.717, 1.165) is 33.1 Å². The lowest BCUT2D eigenvalue weighted by molar-refractivity contribution is 0.959. The van der Waals surface area contributed by atoms with Gasteiger partial charge in [0.05, 0.1) is 11.7 Å². The van der Waals surface area contributed by atoms with Crippen LogP contribution in [-0.2, 0) is 0 Å². The van der Waals surface area contributed by atoms with E-state index in [0.29, 0.717) is 0 Å². The molecule has 4 aromatic rings. The number of hydrogen-bond donors (Lipinski definition) is 2. The van der Waals surface area contributed by atoms with Gasteiger partial charge in [-0.05, 0) is 17.7 Å². The highest BCUT2D eigenvalue weighted by atomic mass is 15.3. The maximum absolute atomic E-state index is 4.22. The van der Waals surface area contributed by atoms with Gasteiger partial charge in [0.15, 0.2) is 0 Å². The lowest BCUT2D eigenvalue weighted by Gasteiger charge is -2.03. The minimum absolute atomic E-state index is 0.869. The Bertz CT molecular complexity index is 770. The van der Waals surface area contributed by atoms with Crippen molar-refractivity contribution in [3.63, 3.8) is 0 Å². The van der Waals surface area contributed by atoms with Crippen molar-refractivity contribution in [1.82, 2.24) is 25.6 Å². The highest BCUT2D eigenvalue weighted by molar-refractivity contribution is 6.01. The van der Waals surface area contributed by atoms with Crippen molar-refractivity contribution in [3.8, 4) is 11.1 Å². The summed E-state index contributed by atoms with van der Waals surface area (Å²) in [4.78, 5) is 0. The average molecular weight is 235 g/mol. The minimum Gasteiger partial charge on any atom is -0.278 e. The van der Waals surface area contributed by atoms with Gasteiger partial charge in [0, 0.05) is 10.9 Å². The molecule has 2 N–H and O–H groups in total. The zero-order valence-electron chi connectivity index (χ0n) is 9.38. The van der Waals surface area contributed by atoms with Gasteiger partial charge in [0.2, 0.25) is 0 Å². The summed E-state index contributed by atoms with van der Waals surface area (Å²) in [5.41, 5.74) is 4.95. The monoisotopic (exact) mass is 235 g/mol. The lowest BCUT2D eigenvalue weighted by Crippen LogP contribution is -1.82. The van der Waals surface area contributed by atoms with Crippen molar-refractivity contribution in [1.29, 1.82) is 0 Å². The SMILES string of the molecule is c1cc(-c2cccc3[nH]ncc23)c2n[nH]nc2c1. The zero-order chi connectivity index (χ0) is 11.9. The van der Waals surface area contributed by atoms with Crippen molar-refractivity contribution >= 4 is 21.9 Å². The normalized spacial score (nSPS) is 11.3. The molecule has 0 aliphatic carbocycles. The van der Waals surface area contributed by atoms with E-state index < -0.39 is 0 Å². The molecule has 0 aliphatic heterocycles. The van der Waals surface area contributed by atoms with Crippen molar-refractivity contribution in [3.05, 3.63) is 42.6 Å². The smallest absolute Gasteiger partial charge is 0.120 e. The van der Waals surface area contributed by atoms with Crippen LogP contribution in [0.4, 0.5) is 0 Å². The van der Waals surface area contributed by atoms with Crippen LogP contribution in [0, 0.1) is 0 Å². The number of H-pyrrole nitrogens is 2. The van der Waals surface area contributed by atoms with E-state index in [2.05, 4.69) is 31.7 Å². The van der Waals surface area contributed by atoms with Gasteiger partial charge in [-0.3, -0.25) is 5.10 Å². The van der Waals surface area contributed by atoms with Gasteiger partial charge in [0.25, 0.3) is 0 Å². The number of para-hydroxylation sites is 1. The first kappa shape index (κ1) is 9.35. The summed E-state index contributed by atoms with van der Waals surface area (Å²) in [5.74, 6) is 0. The summed E-state index contributed by atoms with van der Waals surface area (Å²) >= 11 is 0. The Morgan fingerprint density at radius 1 is 0.889 bits per heavy atom. The van der Waals surface area contributed by atoms with Crippen LogP contribution in [0.3, 0.4) is 0 Å². The fraction of sp³-hybridized carbons (Fsp3) is 0. The molecular formula is C13H9N5. The van der Waals surface area contributed by atoms with Gasteiger partial charge >= 0.3 is 0 Å². The predicted molar refractivity (Wildman–Crippen MR) is 69.0 cm³/mol. The Balaban J connectivity index is 2.13. The second-order valence-corrected chi connectivity index (χ2v) is 4.13. The number of rotatable bonds is 1. The third kappa shape index (κ3) is 1.18. The molecule has 0 aliphatic rings. The van der Waals surface area contributed by atoms with Crippen LogP contribution in [0.2, 0.25) is 0 Å². The Hall–Kier alpha value is -2.69. The Morgan fingerprint density at radius 2 is 1.78 bits per heavy atom. The lowest BCUT2D eigenvalue weighted by atomic mass is 10.0. The molecule has 0 amide bonds. The summed E-state index contributed by atoms with van der Waals surface area (Å²) in [6.07, 6.45) is 1.84. The van der Waals surface area contributed by atoms with Crippen LogP contribution in [0.1, 0.15) is 0 Å². The van der Waals surface area contributed by atoms with Crippen molar-refractivity contribution in [2.75, 3.05) is 0 Å². The van der Waals surface area contributed by atoms with Crippen molar-refractivity contribution in [2.45, 2.75) is 0 Å². The van der Waals surface area contributed by atoms with Crippen molar-refractivity contribution < 1.29 is 0 Å². The molecule has 0 unspecified atom stereocenters. The van der Waals surface area contributed by atoms with Crippen LogP contribution in [0.15, 0.2) is 42.6 Å². The maximum Gasteiger partial charge on any atom is 0.120 e. The van der Waals surface area contributed by atoms with Crippen molar-refractivity contribution in [2.24, 2.45) is 0 Å². The highest BCUT2D eigenvalue weighted by Crippen LogP contribution is 2.31. The fourth-order valence-electron chi connectivity index (χ4n) is 2.29. The van der Waals surface area contributed by atoms with Crippen LogP contribution in [-0.4, -0.2) is 25.6 Å². The molecular weight excluding hydrogens is 226 g/mol. The van der Waals surface area contributed by atoms with E-state index in [1.807, 2.05) is 36.5 Å². The summed E-state index contributed by atoms with van der Waals surface area (Å²) in [5, 5.41) is 19.2. The Labute approximate surface area is 102 Å². The molecule has 0 spiro atoms. The standard InChI is InChI=1S/C13H9N5/c1-3-8(10-7-14-15-11(10)5-1)9-4-2-6-12-13(9)17-18-16-12/h1-7H,(H,14,15)(H,16,17,18). The topological polar surface area (TPSA) is 70.2 Å². The molecule has 2 aromatic heterocycles. The van der Waals surface area contributed by atoms with Crippen LogP contribution in [0.5, 0.6) is 0 Å². The van der Waals surface area contributed by atoms with Gasteiger partial charge in [-0.15, -0.1) is 0 Å². The third-order valence-corrected chi connectivity index (χ3v) is 3.12. The van der Waals surface area contributed by atoms with Gasteiger partial charge in [-0.1, -0.05) is 24.3 Å². The predicted octanol–water partition coefficient (Wildman–Crippen LogP) is 2.50. The summed E-state index contributed by atoms with van der Waals surface area (Å²) < 4.78 is 0. The number of nitrogens with one attached hydrogen (secondary N) is 2. The zero-order valence-corrected chi connectivity index (χ0v) is 9.38. The molecule has 0 bridgehead atoms. The molecule has 0 saturated carbocycles. The van der Waals surface area contributed by atoms with Crippen LogP contribution in [0.25, 0.3) is 33.1 Å². The number of benzene rings is 2. The number of fused-ring (bicyclic) bond motifs is 2. The molecule has 86 valence electrons. The summed E-state index contributed by atoms with van der Waals surface area (Å²) in [7, 11) is 0. The minimum atomic E-state index is 0.869. The first-order chi connectivity index (χ1) is 8.93. The Morgan fingerprint density at radius 3 is 2.78 bits per heavy atom. The second-order valence-electron chi connectivity index (χ2n) is 4.13. The molecule has 2 aromatic carbocycles. The number of aromatic nitrogens is 5. The van der Waals surface area contributed by atoms with Crippen LogP contribution >= 0.6 is 0 Å². The van der Waals surface area contributed by atoms with Gasteiger partial charge < -0.3 is 0 Å². The van der Waals surface area contributed by atoms with E-state index in [-0.39, 0.29) is 0 Å². The number of hydrogen-bond acceptors (Lipinski definition) is 3. The molecule has 0 saturated heterocycles. The largest absolute Gasteiger partial charge is 0.278 e. The summed E-state index contributed by atoms with van der Waals surface area (Å²) in [6, 6.07) is 12.1. The van der Waals surface area contributed by atoms with Gasteiger partial charge in [-0.25, -0.2) is 0 Å². The first-order valence-electron chi connectivity index (χ1n) is 5.65. The quantitative estimate of drug-likeness (QED) is 0.532. The first-order valence-corrected chi connectivity index (χ1v) is 5.65. The van der Waals surface area contributed by atoms with E-state index >= 15 is 0 Å². The second kappa shape index (κ2) is 3.40. The number of aromatic amines is 2. The maximum atomic E-state index is 4.22. The molecule has 4 rings (SSSR count). The third-order valence-electron chi connectivity index (χ3n) is 3.12. The summed E-state index contributed by atoms with van der Waals surface area (Å²) in [6.45, 7) is 0. The van der Waals surface area contributed by atoms with Gasteiger partial charge in [0.1, 0.15) is 11.0 Å². The molecule has 5 nitrogen and oxygen atoms in total. The van der Waals surface area contributed by atoms with Crippen LogP contribution < -0.4 is 0 Å². The molecule has 0 fully saturated rings. The van der Waals surface area contributed by atoms with Gasteiger partial charge in [-0.2, -0.15) is 20.5 Å². The highest BCUT2D eigenvalue weighted by Gasteiger charge is 2.10.